The lowest BCUT2D eigenvalue weighted by Gasteiger charge is -2.38. The van der Waals surface area contributed by atoms with Crippen molar-refractivity contribution in [3.8, 4) is 0 Å². The summed E-state index contributed by atoms with van der Waals surface area (Å²) in [6.45, 7) is 0.857. The number of hydrogen-bond donors (Lipinski definition) is 1. The summed E-state index contributed by atoms with van der Waals surface area (Å²) in [7, 11) is 0. The Morgan fingerprint density at radius 1 is 1.40 bits per heavy atom. The normalized spacial score (nSPS) is 30.1. The van der Waals surface area contributed by atoms with Gasteiger partial charge in [-0.05, 0) is 36.5 Å². The molecule has 2 aromatic rings. The zero-order chi connectivity index (χ0) is 13.4. The lowest BCUT2D eigenvalue weighted by molar-refractivity contribution is -0.0628. The van der Waals surface area contributed by atoms with Crippen LogP contribution in [0.2, 0.25) is 0 Å². The zero-order valence-corrected chi connectivity index (χ0v) is 12.8. The molecule has 4 rings (SSSR count). The van der Waals surface area contributed by atoms with E-state index in [1.165, 1.54) is 12.2 Å². The number of rotatable bonds is 2. The van der Waals surface area contributed by atoms with Gasteiger partial charge in [-0.25, -0.2) is 9.97 Å². The van der Waals surface area contributed by atoms with Crippen molar-refractivity contribution in [3.63, 3.8) is 0 Å². The first-order valence-corrected chi connectivity index (χ1v) is 9.05. The molecule has 2 aliphatic heterocycles. The van der Waals surface area contributed by atoms with Crippen molar-refractivity contribution in [2.75, 3.05) is 23.4 Å². The first-order chi connectivity index (χ1) is 9.85. The average Bonchev–Trinajstić information content (AvgIpc) is 3.09. The molecule has 0 saturated carbocycles. The number of thiophene rings is 1. The Morgan fingerprint density at radius 2 is 2.40 bits per heavy atom. The zero-order valence-electron chi connectivity index (χ0n) is 11.2. The van der Waals surface area contributed by atoms with Crippen LogP contribution in [0.4, 0.5) is 5.82 Å². The fraction of sp³-hybridized carbons (Fsp3) is 0.571. The maximum atomic E-state index is 6.08. The minimum absolute atomic E-state index is 0.112. The number of nitrogens with zero attached hydrogens (tertiary/aromatic N) is 2. The summed E-state index contributed by atoms with van der Waals surface area (Å²) in [6.07, 6.45) is 4.99. The maximum absolute atomic E-state index is 6.08. The molecule has 0 aliphatic carbocycles. The van der Waals surface area contributed by atoms with Gasteiger partial charge in [-0.2, -0.15) is 11.8 Å². The monoisotopic (exact) mass is 307 g/mol. The van der Waals surface area contributed by atoms with Gasteiger partial charge in [0.05, 0.1) is 11.0 Å². The van der Waals surface area contributed by atoms with Gasteiger partial charge in [0.25, 0.3) is 0 Å². The highest BCUT2D eigenvalue weighted by molar-refractivity contribution is 7.99. The molecule has 2 aromatic heterocycles. The molecule has 0 aromatic carbocycles. The van der Waals surface area contributed by atoms with Gasteiger partial charge in [0.15, 0.2) is 0 Å². The van der Waals surface area contributed by atoms with Gasteiger partial charge in [0, 0.05) is 18.4 Å². The number of ether oxygens (including phenoxy) is 1. The molecule has 4 heterocycles. The summed E-state index contributed by atoms with van der Waals surface area (Å²) in [5.74, 6) is 3.35. The summed E-state index contributed by atoms with van der Waals surface area (Å²) in [6, 6.07) is 2.56. The van der Waals surface area contributed by atoms with E-state index in [1.807, 2.05) is 11.8 Å². The number of nitrogens with one attached hydrogen (secondary N) is 1. The minimum Gasteiger partial charge on any atom is -0.374 e. The highest BCUT2D eigenvalue weighted by Crippen LogP contribution is 2.39. The molecule has 2 atom stereocenters. The topological polar surface area (TPSA) is 47.0 Å². The number of fused-ring (bicyclic) bond motifs is 1. The Kier molecular flexibility index (Phi) is 3.32. The van der Waals surface area contributed by atoms with E-state index in [-0.39, 0.29) is 5.60 Å². The molecule has 0 amide bonds. The third-order valence-electron chi connectivity index (χ3n) is 4.16. The quantitative estimate of drug-likeness (QED) is 0.923. The summed E-state index contributed by atoms with van der Waals surface area (Å²) in [4.78, 5) is 9.79. The van der Waals surface area contributed by atoms with Crippen LogP contribution < -0.4 is 5.32 Å². The average molecular weight is 307 g/mol. The lowest BCUT2D eigenvalue weighted by Crippen LogP contribution is -2.44. The van der Waals surface area contributed by atoms with E-state index in [4.69, 9.17) is 4.74 Å². The van der Waals surface area contributed by atoms with Gasteiger partial charge < -0.3 is 10.1 Å². The molecule has 4 nitrogen and oxygen atoms in total. The molecule has 1 spiro atoms. The van der Waals surface area contributed by atoms with Crippen molar-refractivity contribution in [1.82, 2.24) is 9.97 Å². The van der Waals surface area contributed by atoms with E-state index >= 15 is 0 Å². The Morgan fingerprint density at radius 3 is 3.30 bits per heavy atom. The highest BCUT2D eigenvalue weighted by atomic mass is 32.2. The van der Waals surface area contributed by atoms with Crippen molar-refractivity contribution in [2.24, 2.45) is 0 Å². The van der Waals surface area contributed by atoms with Crippen LogP contribution in [-0.4, -0.2) is 39.7 Å². The first kappa shape index (κ1) is 12.9. The second kappa shape index (κ2) is 5.16. The molecule has 0 bridgehead atoms. The van der Waals surface area contributed by atoms with Crippen LogP contribution >= 0.6 is 23.1 Å². The summed E-state index contributed by atoms with van der Waals surface area (Å²) in [5.41, 5.74) is 0.112. The maximum Gasteiger partial charge on any atom is 0.138 e. The van der Waals surface area contributed by atoms with E-state index in [0.717, 1.165) is 41.2 Å². The molecule has 2 unspecified atom stereocenters. The highest BCUT2D eigenvalue weighted by Gasteiger charge is 2.40. The number of aromatic nitrogens is 2. The van der Waals surface area contributed by atoms with Crippen LogP contribution in [0.15, 0.2) is 17.8 Å². The van der Waals surface area contributed by atoms with Crippen LogP contribution in [0.1, 0.15) is 19.3 Å². The van der Waals surface area contributed by atoms with Gasteiger partial charge >= 0.3 is 0 Å². The summed E-state index contributed by atoms with van der Waals surface area (Å²) >= 11 is 3.68. The van der Waals surface area contributed by atoms with E-state index in [2.05, 4.69) is 26.7 Å². The Hall–Kier alpha value is -0.850. The van der Waals surface area contributed by atoms with E-state index in [0.29, 0.717) is 6.04 Å². The predicted octanol–water partition coefficient (Wildman–Crippen LogP) is 3.16. The molecule has 2 saturated heterocycles. The summed E-state index contributed by atoms with van der Waals surface area (Å²) < 4.78 is 6.08. The van der Waals surface area contributed by atoms with Crippen molar-refractivity contribution in [1.29, 1.82) is 0 Å². The lowest BCUT2D eigenvalue weighted by atomic mass is 9.90. The van der Waals surface area contributed by atoms with Crippen LogP contribution in [0, 0.1) is 0 Å². The molecule has 20 heavy (non-hydrogen) atoms. The molecule has 2 aliphatic rings. The van der Waals surface area contributed by atoms with Crippen LogP contribution in [0.5, 0.6) is 0 Å². The van der Waals surface area contributed by atoms with Gasteiger partial charge in [0.1, 0.15) is 17.0 Å². The number of hydrogen-bond acceptors (Lipinski definition) is 6. The van der Waals surface area contributed by atoms with Gasteiger partial charge in [-0.15, -0.1) is 11.3 Å². The molecular formula is C14H17N3OS2. The molecular weight excluding hydrogens is 290 g/mol. The molecule has 106 valence electrons. The molecule has 6 heteroatoms. The summed E-state index contributed by atoms with van der Waals surface area (Å²) in [5, 5.41) is 6.84. The smallest absolute Gasteiger partial charge is 0.138 e. The van der Waals surface area contributed by atoms with E-state index < -0.39 is 0 Å². The van der Waals surface area contributed by atoms with Crippen molar-refractivity contribution < 1.29 is 4.74 Å². The van der Waals surface area contributed by atoms with Crippen LogP contribution in [0.25, 0.3) is 10.2 Å². The molecule has 0 radical (unpaired) electrons. The first-order valence-electron chi connectivity index (χ1n) is 7.01. The van der Waals surface area contributed by atoms with Crippen molar-refractivity contribution in [2.45, 2.75) is 30.9 Å². The Balaban J connectivity index is 1.55. The largest absolute Gasteiger partial charge is 0.374 e. The number of thioether (sulfide) groups is 1. The Bertz CT molecular complexity index is 609. The minimum atomic E-state index is 0.112. The standard InChI is InChI=1S/C14H17N3OS2/c1-4-18-14(3-6-19-8-14)7-10(1)17-12-11-2-5-20-13(11)16-9-15-12/h2,5,9-10H,1,3-4,6-8H2,(H,15,16,17). The SMILES string of the molecule is c1nc(NC2CCOC3(CCSC3)C2)c2ccsc2n1. The van der Waals surface area contributed by atoms with Gasteiger partial charge in [-0.1, -0.05) is 0 Å². The van der Waals surface area contributed by atoms with E-state index in [9.17, 15) is 0 Å². The third kappa shape index (κ3) is 2.29. The fourth-order valence-corrected chi connectivity index (χ4v) is 5.22. The molecule has 1 N–H and O–H groups in total. The van der Waals surface area contributed by atoms with Gasteiger partial charge in [-0.3, -0.25) is 0 Å². The van der Waals surface area contributed by atoms with Crippen LogP contribution in [-0.2, 0) is 4.74 Å². The van der Waals surface area contributed by atoms with Gasteiger partial charge in [0.2, 0.25) is 0 Å². The third-order valence-corrected chi connectivity index (χ3v) is 6.21. The second-order valence-corrected chi connectivity index (χ2v) is 7.53. The van der Waals surface area contributed by atoms with E-state index in [1.54, 1.807) is 17.7 Å². The molecule has 2 fully saturated rings. The van der Waals surface area contributed by atoms with Crippen molar-refractivity contribution in [3.05, 3.63) is 17.8 Å². The van der Waals surface area contributed by atoms with Crippen LogP contribution in [0.3, 0.4) is 0 Å². The van der Waals surface area contributed by atoms with Crippen molar-refractivity contribution >= 4 is 39.1 Å². The predicted molar refractivity (Wildman–Crippen MR) is 84.7 cm³/mol. The fourth-order valence-electron chi connectivity index (χ4n) is 3.11. The number of anilines is 1. The second-order valence-electron chi connectivity index (χ2n) is 5.53. The Labute approximate surface area is 126 Å².